The Morgan fingerprint density at radius 3 is 2.63 bits per heavy atom. The largest absolute Gasteiger partial charge is 0.306 e. The molecule has 0 saturated carbocycles. The topological polar surface area (TPSA) is 12.0 Å². The minimum absolute atomic E-state index is 0.110. The van der Waals surface area contributed by atoms with Crippen molar-refractivity contribution in [2.24, 2.45) is 0 Å². The first-order valence-corrected chi connectivity index (χ1v) is 7.23. The molecular formula is C15H14BrClFN. The zero-order chi connectivity index (χ0) is 13.8. The molecule has 4 heteroatoms. The van der Waals surface area contributed by atoms with Gasteiger partial charge in [-0.25, -0.2) is 4.39 Å². The highest BCUT2D eigenvalue weighted by Gasteiger charge is 2.16. The van der Waals surface area contributed by atoms with Crippen LogP contribution >= 0.6 is 27.5 Å². The molecule has 2 aromatic carbocycles. The summed E-state index contributed by atoms with van der Waals surface area (Å²) < 4.78 is 14.2. The summed E-state index contributed by atoms with van der Waals surface area (Å²) in [5.41, 5.74) is 1.81. The number of hydrogen-bond donors (Lipinski definition) is 1. The highest BCUT2D eigenvalue weighted by atomic mass is 79.9. The molecule has 0 radical (unpaired) electrons. The van der Waals surface area contributed by atoms with Crippen LogP contribution in [0.5, 0.6) is 0 Å². The van der Waals surface area contributed by atoms with E-state index in [9.17, 15) is 4.39 Å². The zero-order valence-electron chi connectivity index (χ0n) is 10.5. The van der Waals surface area contributed by atoms with Gasteiger partial charge in [0.15, 0.2) is 0 Å². The SMILES string of the molecule is CCNC(c1ccc(Br)c(F)c1)c1ccccc1Cl. The molecule has 0 spiro atoms. The van der Waals surface area contributed by atoms with E-state index in [1.165, 1.54) is 6.07 Å². The normalized spacial score (nSPS) is 12.4. The van der Waals surface area contributed by atoms with Gasteiger partial charge in [-0.15, -0.1) is 0 Å². The molecular weight excluding hydrogens is 329 g/mol. The summed E-state index contributed by atoms with van der Waals surface area (Å²) in [7, 11) is 0. The van der Waals surface area contributed by atoms with E-state index in [-0.39, 0.29) is 11.9 Å². The molecule has 1 unspecified atom stereocenters. The van der Waals surface area contributed by atoms with E-state index in [4.69, 9.17) is 11.6 Å². The van der Waals surface area contributed by atoms with Crippen LogP contribution < -0.4 is 5.32 Å². The van der Waals surface area contributed by atoms with Crippen molar-refractivity contribution in [1.82, 2.24) is 5.32 Å². The van der Waals surface area contributed by atoms with Gasteiger partial charge in [0.25, 0.3) is 0 Å². The Kier molecular flexibility index (Phi) is 4.97. The third-order valence-corrected chi connectivity index (χ3v) is 3.89. The highest BCUT2D eigenvalue weighted by molar-refractivity contribution is 9.10. The number of rotatable bonds is 4. The van der Waals surface area contributed by atoms with Gasteiger partial charge in [0.1, 0.15) is 5.82 Å². The maximum atomic E-state index is 13.7. The van der Waals surface area contributed by atoms with Crippen molar-refractivity contribution >= 4 is 27.5 Å². The van der Waals surface area contributed by atoms with Gasteiger partial charge in [0, 0.05) is 5.02 Å². The monoisotopic (exact) mass is 341 g/mol. The molecule has 2 rings (SSSR count). The number of nitrogens with one attached hydrogen (secondary N) is 1. The lowest BCUT2D eigenvalue weighted by Crippen LogP contribution is -2.22. The van der Waals surface area contributed by atoms with Gasteiger partial charge < -0.3 is 5.32 Å². The van der Waals surface area contributed by atoms with Gasteiger partial charge in [0.05, 0.1) is 10.5 Å². The van der Waals surface area contributed by atoms with Gasteiger partial charge in [-0.05, 0) is 51.8 Å². The first-order chi connectivity index (χ1) is 9.13. The van der Waals surface area contributed by atoms with E-state index in [2.05, 4.69) is 21.2 Å². The molecule has 0 bridgehead atoms. The lowest BCUT2D eigenvalue weighted by atomic mass is 9.98. The zero-order valence-corrected chi connectivity index (χ0v) is 12.8. The van der Waals surface area contributed by atoms with Crippen LogP contribution in [0.25, 0.3) is 0 Å². The summed E-state index contributed by atoms with van der Waals surface area (Å²) in [6.07, 6.45) is 0. The summed E-state index contributed by atoms with van der Waals surface area (Å²) in [6, 6.07) is 12.6. The molecule has 0 amide bonds. The minimum Gasteiger partial charge on any atom is -0.306 e. The van der Waals surface area contributed by atoms with E-state index in [0.717, 1.165) is 17.7 Å². The highest BCUT2D eigenvalue weighted by Crippen LogP contribution is 2.29. The lowest BCUT2D eigenvalue weighted by molar-refractivity contribution is 0.599. The predicted octanol–water partition coefficient (Wildman–Crippen LogP) is 4.94. The van der Waals surface area contributed by atoms with E-state index in [1.807, 2.05) is 37.3 Å². The Morgan fingerprint density at radius 1 is 1.26 bits per heavy atom. The quantitative estimate of drug-likeness (QED) is 0.830. The summed E-state index contributed by atoms with van der Waals surface area (Å²) in [5, 5.41) is 4.01. The van der Waals surface area contributed by atoms with Crippen LogP contribution in [-0.2, 0) is 0 Å². The van der Waals surface area contributed by atoms with Crippen LogP contribution in [0.4, 0.5) is 4.39 Å². The summed E-state index contributed by atoms with van der Waals surface area (Å²) in [6.45, 7) is 2.78. The van der Waals surface area contributed by atoms with Gasteiger partial charge in [0.2, 0.25) is 0 Å². The second-order valence-electron chi connectivity index (χ2n) is 4.19. The predicted molar refractivity (Wildman–Crippen MR) is 81.1 cm³/mol. The molecule has 0 aliphatic carbocycles. The average molecular weight is 343 g/mol. The molecule has 2 aromatic rings. The second-order valence-corrected chi connectivity index (χ2v) is 5.45. The molecule has 0 fully saturated rings. The van der Waals surface area contributed by atoms with E-state index in [0.29, 0.717) is 9.50 Å². The second kappa shape index (κ2) is 6.51. The van der Waals surface area contributed by atoms with E-state index < -0.39 is 0 Å². The molecule has 1 atom stereocenters. The Labute approximate surface area is 125 Å². The third kappa shape index (κ3) is 3.35. The van der Waals surface area contributed by atoms with Gasteiger partial charge in [-0.2, -0.15) is 0 Å². The van der Waals surface area contributed by atoms with Crippen molar-refractivity contribution < 1.29 is 4.39 Å². The van der Waals surface area contributed by atoms with Crippen LogP contribution in [0.1, 0.15) is 24.1 Å². The van der Waals surface area contributed by atoms with Crippen molar-refractivity contribution in [2.45, 2.75) is 13.0 Å². The van der Waals surface area contributed by atoms with Crippen LogP contribution in [0.2, 0.25) is 5.02 Å². The molecule has 0 aliphatic heterocycles. The standard InChI is InChI=1S/C15H14BrClFN/c1-2-19-15(11-5-3-4-6-13(11)17)10-7-8-12(16)14(18)9-10/h3-9,15,19H,2H2,1H3. The first-order valence-electron chi connectivity index (χ1n) is 6.06. The fourth-order valence-electron chi connectivity index (χ4n) is 2.01. The molecule has 100 valence electrons. The molecule has 0 heterocycles. The van der Waals surface area contributed by atoms with Crippen molar-refractivity contribution in [2.75, 3.05) is 6.54 Å². The molecule has 0 aromatic heterocycles. The third-order valence-electron chi connectivity index (χ3n) is 2.90. The van der Waals surface area contributed by atoms with Crippen molar-refractivity contribution in [3.05, 3.63) is 68.9 Å². The molecule has 1 N–H and O–H groups in total. The smallest absolute Gasteiger partial charge is 0.137 e. The van der Waals surface area contributed by atoms with Crippen molar-refractivity contribution in [1.29, 1.82) is 0 Å². The fraction of sp³-hybridized carbons (Fsp3) is 0.200. The number of halogens is 3. The molecule has 1 nitrogen and oxygen atoms in total. The fourth-order valence-corrected chi connectivity index (χ4v) is 2.50. The Bertz CT molecular complexity index is 574. The van der Waals surface area contributed by atoms with Crippen molar-refractivity contribution in [3.63, 3.8) is 0 Å². The Morgan fingerprint density at radius 2 is 2.00 bits per heavy atom. The first kappa shape index (κ1) is 14.5. The van der Waals surface area contributed by atoms with E-state index >= 15 is 0 Å². The summed E-state index contributed by atoms with van der Waals surface area (Å²) in [5.74, 6) is -0.271. The van der Waals surface area contributed by atoms with Crippen LogP contribution in [0.15, 0.2) is 46.9 Å². The number of hydrogen-bond acceptors (Lipinski definition) is 1. The van der Waals surface area contributed by atoms with Crippen LogP contribution in [0, 0.1) is 5.82 Å². The van der Waals surface area contributed by atoms with Crippen LogP contribution in [-0.4, -0.2) is 6.54 Å². The van der Waals surface area contributed by atoms with Gasteiger partial charge >= 0.3 is 0 Å². The molecule has 0 aliphatic rings. The molecule has 19 heavy (non-hydrogen) atoms. The van der Waals surface area contributed by atoms with E-state index in [1.54, 1.807) is 6.07 Å². The number of benzene rings is 2. The van der Waals surface area contributed by atoms with Gasteiger partial charge in [-0.1, -0.05) is 42.8 Å². The Balaban J connectivity index is 2.45. The molecule has 0 saturated heterocycles. The maximum absolute atomic E-state index is 13.7. The Hall–Kier alpha value is -0.900. The van der Waals surface area contributed by atoms with Crippen LogP contribution in [0.3, 0.4) is 0 Å². The van der Waals surface area contributed by atoms with Crippen molar-refractivity contribution in [3.8, 4) is 0 Å². The average Bonchev–Trinajstić information content (AvgIpc) is 2.40. The summed E-state index contributed by atoms with van der Waals surface area (Å²) >= 11 is 9.40. The van der Waals surface area contributed by atoms with Gasteiger partial charge in [-0.3, -0.25) is 0 Å². The maximum Gasteiger partial charge on any atom is 0.137 e. The lowest BCUT2D eigenvalue weighted by Gasteiger charge is -2.20. The minimum atomic E-state index is -0.271. The summed E-state index contributed by atoms with van der Waals surface area (Å²) in [4.78, 5) is 0.